The van der Waals surface area contributed by atoms with Crippen LogP contribution in [0.3, 0.4) is 0 Å². The van der Waals surface area contributed by atoms with E-state index in [2.05, 4.69) is 9.29 Å². The smallest absolute Gasteiger partial charge is 0.215 e. The monoisotopic (exact) mass is 326 g/mol. The van der Waals surface area contributed by atoms with Gasteiger partial charge in [0.1, 0.15) is 0 Å². The second-order valence-corrected chi connectivity index (χ2v) is 7.29. The number of aryl methyl sites for hydroxylation is 2. The molecule has 1 N–H and O–H groups in total. The Balaban J connectivity index is 1.91. The molecule has 4 nitrogen and oxygen atoms in total. The fourth-order valence-corrected chi connectivity index (χ4v) is 3.48. The molecule has 6 heteroatoms. The SMILES string of the molecule is Cc1ccc(C)n1CCNS(=O)(=O)Cc1ccc(Cl)cc1. The fourth-order valence-electron chi connectivity index (χ4n) is 2.22. The third kappa shape index (κ3) is 4.59. The van der Waals surface area contributed by atoms with Crippen LogP contribution in [-0.2, 0) is 22.3 Å². The first-order chi connectivity index (χ1) is 9.87. The molecule has 0 aliphatic rings. The fraction of sp³-hybridized carbons (Fsp3) is 0.333. The van der Waals surface area contributed by atoms with Gasteiger partial charge in [0.15, 0.2) is 0 Å². The summed E-state index contributed by atoms with van der Waals surface area (Å²) in [5.41, 5.74) is 2.98. The first-order valence-corrected chi connectivity index (χ1v) is 8.75. The standard InChI is InChI=1S/C15H19ClN2O2S/c1-12-3-4-13(2)18(12)10-9-17-21(19,20)11-14-5-7-15(16)8-6-14/h3-8,17H,9-11H2,1-2H3. The van der Waals surface area contributed by atoms with Crippen LogP contribution in [-0.4, -0.2) is 19.5 Å². The molecule has 0 aliphatic carbocycles. The Morgan fingerprint density at radius 1 is 1.05 bits per heavy atom. The van der Waals surface area contributed by atoms with Crippen molar-refractivity contribution in [2.45, 2.75) is 26.1 Å². The van der Waals surface area contributed by atoms with Gasteiger partial charge in [-0.05, 0) is 43.7 Å². The number of sulfonamides is 1. The first kappa shape index (κ1) is 16.1. The van der Waals surface area contributed by atoms with Gasteiger partial charge in [-0.1, -0.05) is 23.7 Å². The minimum absolute atomic E-state index is 0.0339. The summed E-state index contributed by atoms with van der Waals surface area (Å²) in [5.74, 6) is -0.0339. The van der Waals surface area contributed by atoms with Gasteiger partial charge in [-0.25, -0.2) is 13.1 Å². The van der Waals surface area contributed by atoms with Crippen LogP contribution < -0.4 is 4.72 Å². The lowest BCUT2D eigenvalue weighted by Gasteiger charge is -2.11. The van der Waals surface area contributed by atoms with Crippen molar-refractivity contribution in [3.05, 3.63) is 58.4 Å². The van der Waals surface area contributed by atoms with Crippen LogP contribution in [0.25, 0.3) is 0 Å². The molecule has 0 bridgehead atoms. The molecule has 2 rings (SSSR count). The molecular formula is C15H19ClN2O2S. The minimum atomic E-state index is -3.33. The highest BCUT2D eigenvalue weighted by molar-refractivity contribution is 7.88. The number of nitrogens with one attached hydrogen (secondary N) is 1. The Kier molecular flexibility index (Phi) is 5.08. The van der Waals surface area contributed by atoms with Gasteiger partial charge < -0.3 is 4.57 Å². The van der Waals surface area contributed by atoms with Crippen molar-refractivity contribution in [3.63, 3.8) is 0 Å². The molecule has 0 saturated heterocycles. The van der Waals surface area contributed by atoms with Crippen molar-refractivity contribution in [1.82, 2.24) is 9.29 Å². The number of nitrogens with zero attached hydrogens (tertiary/aromatic N) is 1. The van der Waals surface area contributed by atoms with E-state index < -0.39 is 10.0 Å². The molecule has 0 spiro atoms. The zero-order valence-electron chi connectivity index (χ0n) is 12.1. The van der Waals surface area contributed by atoms with E-state index in [1.807, 2.05) is 26.0 Å². The van der Waals surface area contributed by atoms with E-state index in [4.69, 9.17) is 11.6 Å². The molecule has 1 heterocycles. The predicted octanol–water partition coefficient (Wildman–Crippen LogP) is 2.88. The van der Waals surface area contributed by atoms with E-state index >= 15 is 0 Å². The predicted molar refractivity (Wildman–Crippen MR) is 86.0 cm³/mol. The summed E-state index contributed by atoms with van der Waals surface area (Å²) in [6.45, 7) is 5.03. The highest BCUT2D eigenvalue weighted by atomic mass is 35.5. The van der Waals surface area contributed by atoms with E-state index in [-0.39, 0.29) is 5.75 Å². The van der Waals surface area contributed by atoms with Crippen molar-refractivity contribution in [2.24, 2.45) is 0 Å². The maximum Gasteiger partial charge on any atom is 0.215 e. The average Bonchev–Trinajstić information content (AvgIpc) is 2.73. The first-order valence-electron chi connectivity index (χ1n) is 6.72. The molecule has 0 amide bonds. The minimum Gasteiger partial charge on any atom is -0.348 e. The van der Waals surface area contributed by atoms with Crippen LogP contribution in [0.4, 0.5) is 0 Å². The van der Waals surface area contributed by atoms with Gasteiger partial charge in [0.2, 0.25) is 10.0 Å². The van der Waals surface area contributed by atoms with Crippen LogP contribution in [0.15, 0.2) is 36.4 Å². The van der Waals surface area contributed by atoms with Crippen molar-refractivity contribution >= 4 is 21.6 Å². The van der Waals surface area contributed by atoms with Crippen molar-refractivity contribution in [1.29, 1.82) is 0 Å². The van der Waals surface area contributed by atoms with Gasteiger partial charge in [-0.2, -0.15) is 0 Å². The molecule has 0 fully saturated rings. The van der Waals surface area contributed by atoms with Gasteiger partial charge in [-0.3, -0.25) is 0 Å². The summed E-state index contributed by atoms with van der Waals surface area (Å²) < 4.78 is 28.8. The third-order valence-corrected chi connectivity index (χ3v) is 4.95. The molecule has 0 aliphatic heterocycles. The van der Waals surface area contributed by atoms with Gasteiger partial charge in [0, 0.05) is 29.5 Å². The number of rotatable bonds is 6. The molecular weight excluding hydrogens is 308 g/mol. The third-order valence-electron chi connectivity index (χ3n) is 3.34. The van der Waals surface area contributed by atoms with Crippen LogP contribution >= 0.6 is 11.6 Å². The lowest BCUT2D eigenvalue weighted by atomic mass is 10.2. The zero-order chi connectivity index (χ0) is 15.5. The van der Waals surface area contributed by atoms with Crippen LogP contribution in [0.1, 0.15) is 17.0 Å². The zero-order valence-corrected chi connectivity index (χ0v) is 13.7. The average molecular weight is 327 g/mol. The van der Waals surface area contributed by atoms with Crippen molar-refractivity contribution in [2.75, 3.05) is 6.54 Å². The van der Waals surface area contributed by atoms with Gasteiger partial charge in [0.05, 0.1) is 5.75 Å². The van der Waals surface area contributed by atoms with E-state index in [0.29, 0.717) is 18.1 Å². The van der Waals surface area contributed by atoms with E-state index in [9.17, 15) is 8.42 Å². The number of hydrogen-bond acceptors (Lipinski definition) is 2. The van der Waals surface area contributed by atoms with Crippen LogP contribution in [0.2, 0.25) is 5.02 Å². The highest BCUT2D eigenvalue weighted by Crippen LogP contribution is 2.11. The lowest BCUT2D eigenvalue weighted by Crippen LogP contribution is -2.29. The summed E-state index contributed by atoms with van der Waals surface area (Å²) >= 11 is 5.79. The maximum atomic E-state index is 12.0. The highest BCUT2D eigenvalue weighted by Gasteiger charge is 2.11. The number of aromatic nitrogens is 1. The second kappa shape index (κ2) is 6.64. The van der Waals surface area contributed by atoms with Gasteiger partial charge >= 0.3 is 0 Å². The molecule has 114 valence electrons. The summed E-state index contributed by atoms with van der Waals surface area (Å²) in [5, 5.41) is 0.600. The number of halogens is 1. The van der Waals surface area contributed by atoms with Gasteiger partial charge in [0.25, 0.3) is 0 Å². The van der Waals surface area contributed by atoms with E-state index in [1.165, 1.54) is 0 Å². The molecule has 1 aromatic carbocycles. The molecule has 1 aromatic heterocycles. The number of benzene rings is 1. The molecule has 0 radical (unpaired) electrons. The van der Waals surface area contributed by atoms with Gasteiger partial charge in [-0.15, -0.1) is 0 Å². The largest absolute Gasteiger partial charge is 0.348 e. The molecule has 21 heavy (non-hydrogen) atoms. The molecule has 0 atom stereocenters. The Morgan fingerprint density at radius 3 is 2.19 bits per heavy atom. The Labute approximate surface area is 130 Å². The van der Waals surface area contributed by atoms with E-state index in [0.717, 1.165) is 17.0 Å². The van der Waals surface area contributed by atoms with Crippen LogP contribution in [0, 0.1) is 13.8 Å². The molecule has 2 aromatic rings. The Morgan fingerprint density at radius 2 is 1.62 bits per heavy atom. The van der Waals surface area contributed by atoms with Crippen LogP contribution in [0.5, 0.6) is 0 Å². The molecule has 0 saturated carbocycles. The summed E-state index contributed by atoms with van der Waals surface area (Å²) in [6.07, 6.45) is 0. The molecule has 0 unspecified atom stereocenters. The Bertz CT molecular complexity index is 686. The Hall–Kier alpha value is -1.30. The maximum absolute atomic E-state index is 12.0. The summed E-state index contributed by atoms with van der Waals surface area (Å²) in [4.78, 5) is 0. The van der Waals surface area contributed by atoms with E-state index in [1.54, 1.807) is 24.3 Å². The lowest BCUT2D eigenvalue weighted by molar-refractivity contribution is 0.569. The number of hydrogen-bond donors (Lipinski definition) is 1. The topological polar surface area (TPSA) is 51.1 Å². The van der Waals surface area contributed by atoms with Crippen molar-refractivity contribution in [3.8, 4) is 0 Å². The van der Waals surface area contributed by atoms with Crippen molar-refractivity contribution < 1.29 is 8.42 Å². The normalized spacial score (nSPS) is 11.8. The quantitative estimate of drug-likeness (QED) is 0.887. The second-order valence-electron chi connectivity index (χ2n) is 5.05. The summed E-state index contributed by atoms with van der Waals surface area (Å²) in [7, 11) is -3.33. The summed E-state index contributed by atoms with van der Waals surface area (Å²) in [6, 6.07) is 10.9.